The summed E-state index contributed by atoms with van der Waals surface area (Å²) in [6.07, 6.45) is 2.41. The van der Waals surface area contributed by atoms with E-state index in [2.05, 4.69) is 24.2 Å². The second kappa shape index (κ2) is 6.35. The Labute approximate surface area is 81.4 Å². The first-order chi connectivity index (χ1) is 6.33. The van der Waals surface area contributed by atoms with Crippen LogP contribution in [0.15, 0.2) is 0 Å². The Balaban J connectivity index is 2.11. The molecule has 1 N–H and O–H groups in total. The standard InChI is InChI=1S/C10H22N2O/c1-3-12(2)7-4-10-5-8-13-9-6-11-10/h10-11H,3-9H2,1-2H3. The molecule has 1 atom stereocenters. The summed E-state index contributed by atoms with van der Waals surface area (Å²) < 4.78 is 5.38. The minimum absolute atomic E-state index is 0.663. The Morgan fingerprint density at radius 1 is 1.46 bits per heavy atom. The van der Waals surface area contributed by atoms with Crippen molar-refractivity contribution < 1.29 is 4.74 Å². The Morgan fingerprint density at radius 3 is 3.08 bits per heavy atom. The average Bonchev–Trinajstić information content (AvgIpc) is 2.42. The summed E-state index contributed by atoms with van der Waals surface area (Å²) in [5, 5.41) is 3.51. The molecule has 0 spiro atoms. The lowest BCUT2D eigenvalue weighted by atomic mass is 10.1. The third-order valence-electron chi connectivity index (χ3n) is 2.69. The van der Waals surface area contributed by atoms with E-state index in [0.29, 0.717) is 6.04 Å². The van der Waals surface area contributed by atoms with Gasteiger partial charge in [0.05, 0.1) is 6.61 Å². The van der Waals surface area contributed by atoms with Gasteiger partial charge in [0.1, 0.15) is 0 Å². The van der Waals surface area contributed by atoms with Gasteiger partial charge in [0.25, 0.3) is 0 Å². The van der Waals surface area contributed by atoms with Gasteiger partial charge in [-0.05, 0) is 33.0 Å². The van der Waals surface area contributed by atoms with Crippen LogP contribution in [0.1, 0.15) is 19.8 Å². The van der Waals surface area contributed by atoms with E-state index in [0.717, 1.165) is 32.7 Å². The van der Waals surface area contributed by atoms with E-state index >= 15 is 0 Å². The van der Waals surface area contributed by atoms with Crippen LogP contribution in [0.5, 0.6) is 0 Å². The predicted octanol–water partition coefficient (Wildman–Crippen LogP) is 0.707. The molecule has 1 aliphatic rings. The molecule has 1 saturated heterocycles. The zero-order valence-electron chi connectivity index (χ0n) is 8.88. The summed E-state index contributed by atoms with van der Waals surface area (Å²) in [6.45, 7) is 7.34. The lowest BCUT2D eigenvalue weighted by molar-refractivity contribution is 0.149. The van der Waals surface area contributed by atoms with Crippen LogP contribution in [0.2, 0.25) is 0 Å². The fourth-order valence-electron chi connectivity index (χ4n) is 1.55. The van der Waals surface area contributed by atoms with E-state index in [1.165, 1.54) is 13.0 Å². The molecule has 78 valence electrons. The maximum absolute atomic E-state index is 5.38. The molecule has 0 radical (unpaired) electrons. The van der Waals surface area contributed by atoms with Crippen molar-refractivity contribution in [2.45, 2.75) is 25.8 Å². The van der Waals surface area contributed by atoms with Crippen molar-refractivity contribution in [2.75, 3.05) is 39.9 Å². The van der Waals surface area contributed by atoms with Crippen LogP contribution >= 0.6 is 0 Å². The maximum atomic E-state index is 5.38. The highest BCUT2D eigenvalue weighted by Crippen LogP contribution is 2.02. The van der Waals surface area contributed by atoms with Crippen LogP contribution in [0, 0.1) is 0 Å². The first kappa shape index (κ1) is 11.0. The molecule has 0 bridgehead atoms. The van der Waals surface area contributed by atoms with E-state index in [-0.39, 0.29) is 0 Å². The van der Waals surface area contributed by atoms with Crippen LogP contribution in [-0.2, 0) is 4.74 Å². The molecule has 3 heteroatoms. The van der Waals surface area contributed by atoms with Crippen molar-refractivity contribution in [1.82, 2.24) is 10.2 Å². The second-order valence-electron chi connectivity index (χ2n) is 3.74. The molecule has 1 unspecified atom stereocenters. The molecular formula is C10H22N2O. The largest absolute Gasteiger partial charge is 0.380 e. The van der Waals surface area contributed by atoms with Gasteiger partial charge in [-0.15, -0.1) is 0 Å². The van der Waals surface area contributed by atoms with Crippen molar-refractivity contribution in [3.8, 4) is 0 Å². The summed E-state index contributed by atoms with van der Waals surface area (Å²) in [6, 6.07) is 0.663. The molecule has 0 saturated carbocycles. The van der Waals surface area contributed by atoms with E-state index < -0.39 is 0 Å². The lowest BCUT2D eigenvalue weighted by Gasteiger charge is -2.19. The number of hydrogen-bond donors (Lipinski definition) is 1. The van der Waals surface area contributed by atoms with E-state index in [9.17, 15) is 0 Å². The molecule has 3 nitrogen and oxygen atoms in total. The number of nitrogens with zero attached hydrogens (tertiary/aromatic N) is 1. The van der Waals surface area contributed by atoms with Gasteiger partial charge in [-0.3, -0.25) is 0 Å². The maximum Gasteiger partial charge on any atom is 0.0591 e. The van der Waals surface area contributed by atoms with E-state index in [1.54, 1.807) is 0 Å². The summed E-state index contributed by atoms with van der Waals surface area (Å²) in [5.74, 6) is 0. The zero-order valence-corrected chi connectivity index (χ0v) is 8.88. The third kappa shape index (κ3) is 4.60. The molecule has 1 fully saturated rings. The molecule has 0 aliphatic carbocycles. The van der Waals surface area contributed by atoms with E-state index in [4.69, 9.17) is 4.74 Å². The van der Waals surface area contributed by atoms with Crippen LogP contribution in [0.4, 0.5) is 0 Å². The molecular weight excluding hydrogens is 164 g/mol. The highest BCUT2D eigenvalue weighted by atomic mass is 16.5. The Bertz CT molecular complexity index is 122. The van der Waals surface area contributed by atoms with Gasteiger partial charge in [-0.1, -0.05) is 6.92 Å². The van der Waals surface area contributed by atoms with E-state index in [1.807, 2.05) is 0 Å². The Morgan fingerprint density at radius 2 is 2.31 bits per heavy atom. The molecule has 1 heterocycles. The number of rotatable bonds is 4. The van der Waals surface area contributed by atoms with Crippen LogP contribution < -0.4 is 5.32 Å². The van der Waals surface area contributed by atoms with Crippen LogP contribution in [-0.4, -0.2) is 50.8 Å². The summed E-state index contributed by atoms with van der Waals surface area (Å²) in [4.78, 5) is 2.35. The molecule has 0 aromatic heterocycles. The van der Waals surface area contributed by atoms with Crippen molar-refractivity contribution in [3.05, 3.63) is 0 Å². The highest BCUT2D eigenvalue weighted by Gasteiger charge is 2.11. The molecule has 0 aromatic rings. The van der Waals surface area contributed by atoms with Gasteiger partial charge in [0.2, 0.25) is 0 Å². The van der Waals surface area contributed by atoms with Crippen molar-refractivity contribution in [2.24, 2.45) is 0 Å². The average molecular weight is 186 g/mol. The van der Waals surface area contributed by atoms with Crippen molar-refractivity contribution in [3.63, 3.8) is 0 Å². The minimum atomic E-state index is 0.663. The normalized spacial score (nSPS) is 24.7. The Hall–Kier alpha value is -0.120. The summed E-state index contributed by atoms with van der Waals surface area (Å²) >= 11 is 0. The lowest BCUT2D eigenvalue weighted by Crippen LogP contribution is -2.33. The van der Waals surface area contributed by atoms with Crippen molar-refractivity contribution in [1.29, 1.82) is 0 Å². The monoisotopic (exact) mass is 186 g/mol. The van der Waals surface area contributed by atoms with Crippen LogP contribution in [0.3, 0.4) is 0 Å². The van der Waals surface area contributed by atoms with Gasteiger partial charge < -0.3 is 15.0 Å². The first-order valence-corrected chi connectivity index (χ1v) is 5.32. The number of nitrogens with one attached hydrogen (secondary N) is 1. The molecule has 1 aliphatic heterocycles. The van der Waals surface area contributed by atoms with Crippen LogP contribution in [0.25, 0.3) is 0 Å². The van der Waals surface area contributed by atoms with Gasteiger partial charge in [0, 0.05) is 19.2 Å². The Kier molecular flexibility index (Phi) is 5.35. The smallest absolute Gasteiger partial charge is 0.0591 e. The van der Waals surface area contributed by atoms with Gasteiger partial charge in [-0.2, -0.15) is 0 Å². The van der Waals surface area contributed by atoms with Crippen molar-refractivity contribution >= 4 is 0 Å². The topological polar surface area (TPSA) is 24.5 Å². The molecule has 0 amide bonds. The summed E-state index contributed by atoms with van der Waals surface area (Å²) in [7, 11) is 2.17. The predicted molar refractivity (Wildman–Crippen MR) is 55.0 cm³/mol. The molecule has 1 rings (SSSR count). The minimum Gasteiger partial charge on any atom is -0.380 e. The fourth-order valence-corrected chi connectivity index (χ4v) is 1.55. The number of ether oxygens (including phenoxy) is 1. The highest BCUT2D eigenvalue weighted by molar-refractivity contribution is 4.70. The van der Waals surface area contributed by atoms with Gasteiger partial charge >= 0.3 is 0 Å². The fraction of sp³-hybridized carbons (Fsp3) is 1.00. The van der Waals surface area contributed by atoms with Gasteiger partial charge in [-0.25, -0.2) is 0 Å². The second-order valence-corrected chi connectivity index (χ2v) is 3.74. The summed E-state index contributed by atoms with van der Waals surface area (Å²) in [5.41, 5.74) is 0. The SMILES string of the molecule is CCN(C)CCC1CCOCCN1. The quantitative estimate of drug-likeness (QED) is 0.699. The third-order valence-corrected chi connectivity index (χ3v) is 2.69. The van der Waals surface area contributed by atoms with Gasteiger partial charge in [0.15, 0.2) is 0 Å². The number of hydrogen-bond acceptors (Lipinski definition) is 3. The molecule has 0 aromatic carbocycles. The first-order valence-electron chi connectivity index (χ1n) is 5.32. The zero-order chi connectivity index (χ0) is 9.52. The molecule has 13 heavy (non-hydrogen) atoms.